The van der Waals surface area contributed by atoms with E-state index in [1.165, 1.54) is 14.0 Å². The number of aliphatic carboxylic acids is 1. The van der Waals surface area contributed by atoms with Crippen LogP contribution < -0.4 is 9.47 Å². The van der Waals surface area contributed by atoms with Crippen LogP contribution in [0, 0.1) is 0 Å². The summed E-state index contributed by atoms with van der Waals surface area (Å²) in [4.78, 5) is 25.3. The number of thioether (sulfide) groups is 1. The first-order chi connectivity index (χ1) is 14.7. The topological polar surface area (TPSA) is 76.1 Å². The molecule has 1 aliphatic heterocycles. The van der Waals surface area contributed by atoms with Gasteiger partial charge < -0.3 is 14.6 Å². The molecule has 0 bridgehead atoms. The number of benzene rings is 2. The molecule has 0 aromatic heterocycles. The highest BCUT2D eigenvalue weighted by molar-refractivity contribution is 8.26. The molecule has 0 spiro atoms. The molecule has 0 aliphatic carbocycles. The van der Waals surface area contributed by atoms with Crippen molar-refractivity contribution in [3.05, 3.63) is 62.5 Å². The number of carbonyl (C=O) groups excluding carboxylic acids is 1. The minimum Gasteiger partial charge on any atom is -0.493 e. The van der Waals surface area contributed by atoms with Gasteiger partial charge in [-0.2, -0.15) is 0 Å². The third kappa shape index (κ3) is 5.15. The van der Waals surface area contributed by atoms with Gasteiger partial charge in [-0.05, 0) is 42.8 Å². The van der Waals surface area contributed by atoms with E-state index in [2.05, 4.69) is 0 Å². The van der Waals surface area contributed by atoms with Crippen molar-refractivity contribution in [2.75, 3.05) is 7.11 Å². The van der Waals surface area contributed by atoms with Gasteiger partial charge in [0.05, 0.1) is 12.0 Å². The van der Waals surface area contributed by atoms with E-state index in [4.69, 9.17) is 44.9 Å². The Morgan fingerprint density at radius 1 is 1.26 bits per heavy atom. The first-order valence-electron chi connectivity index (χ1n) is 8.96. The van der Waals surface area contributed by atoms with Crippen molar-refractivity contribution in [3.63, 3.8) is 0 Å². The van der Waals surface area contributed by atoms with Crippen LogP contribution in [0.3, 0.4) is 0 Å². The van der Waals surface area contributed by atoms with Crippen molar-refractivity contribution in [3.8, 4) is 11.5 Å². The quantitative estimate of drug-likeness (QED) is 0.413. The van der Waals surface area contributed by atoms with Crippen molar-refractivity contribution in [1.29, 1.82) is 0 Å². The predicted molar refractivity (Wildman–Crippen MR) is 126 cm³/mol. The SMILES string of the molecule is COc1cc(/C=C2\SC(=S)N([C@@H](C)C(=O)O)C2=O)ccc1OCc1c(Cl)cccc1Cl. The van der Waals surface area contributed by atoms with Crippen LogP contribution in [-0.2, 0) is 16.2 Å². The van der Waals surface area contributed by atoms with Gasteiger partial charge in [0.15, 0.2) is 11.5 Å². The van der Waals surface area contributed by atoms with E-state index in [1.807, 2.05) is 0 Å². The molecule has 2 aromatic carbocycles. The number of rotatable bonds is 7. The molecule has 1 N–H and O–H groups in total. The second-order valence-electron chi connectivity index (χ2n) is 6.47. The van der Waals surface area contributed by atoms with Gasteiger partial charge in [-0.15, -0.1) is 0 Å². The molecule has 0 radical (unpaired) electrons. The van der Waals surface area contributed by atoms with Gasteiger partial charge in [0.25, 0.3) is 5.91 Å². The van der Waals surface area contributed by atoms with Gasteiger partial charge in [-0.3, -0.25) is 9.69 Å². The highest BCUT2D eigenvalue weighted by atomic mass is 35.5. The average molecular weight is 498 g/mol. The van der Waals surface area contributed by atoms with Crippen LogP contribution in [0.25, 0.3) is 6.08 Å². The lowest BCUT2D eigenvalue weighted by atomic mass is 10.1. The fraction of sp³-hybridized carbons (Fsp3) is 0.190. The smallest absolute Gasteiger partial charge is 0.326 e. The van der Waals surface area contributed by atoms with E-state index in [-0.39, 0.29) is 10.9 Å². The van der Waals surface area contributed by atoms with Crippen LogP contribution >= 0.6 is 47.2 Å². The molecule has 1 amide bonds. The van der Waals surface area contributed by atoms with Gasteiger partial charge in [0.2, 0.25) is 0 Å². The molecular formula is C21H17Cl2NO5S2. The first-order valence-corrected chi connectivity index (χ1v) is 10.9. The molecule has 162 valence electrons. The molecule has 1 heterocycles. The summed E-state index contributed by atoms with van der Waals surface area (Å²) in [7, 11) is 1.50. The minimum atomic E-state index is -1.13. The van der Waals surface area contributed by atoms with Gasteiger partial charge in [0, 0.05) is 15.6 Å². The van der Waals surface area contributed by atoms with Crippen LogP contribution in [0.1, 0.15) is 18.1 Å². The maximum absolute atomic E-state index is 12.6. The second kappa shape index (κ2) is 9.91. The maximum Gasteiger partial charge on any atom is 0.326 e. The molecule has 1 fully saturated rings. The molecule has 0 unspecified atom stereocenters. The molecule has 0 saturated carbocycles. The molecule has 1 aliphatic rings. The number of carbonyl (C=O) groups is 2. The lowest BCUT2D eigenvalue weighted by Gasteiger charge is -2.18. The summed E-state index contributed by atoms with van der Waals surface area (Å²) in [5.41, 5.74) is 1.33. The fourth-order valence-corrected chi connectivity index (χ4v) is 4.71. The summed E-state index contributed by atoms with van der Waals surface area (Å²) in [6, 6.07) is 9.33. The molecule has 3 rings (SSSR count). The summed E-state index contributed by atoms with van der Waals surface area (Å²) in [6.07, 6.45) is 1.63. The number of halogens is 2. The zero-order valence-corrected chi connectivity index (χ0v) is 19.6. The van der Waals surface area contributed by atoms with Crippen LogP contribution in [0.2, 0.25) is 10.0 Å². The molecule has 2 aromatic rings. The molecular weight excluding hydrogens is 481 g/mol. The first kappa shape index (κ1) is 23.4. The maximum atomic E-state index is 12.6. The number of nitrogens with zero attached hydrogens (tertiary/aromatic N) is 1. The fourth-order valence-electron chi connectivity index (χ4n) is 2.79. The minimum absolute atomic E-state index is 0.153. The molecule has 31 heavy (non-hydrogen) atoms. The Labute approximate surface area is 198 Å². The highest BCUT2D eigenvalue weighted by Crippen LogP contribution is 2.36. The Balaban J connectivity index is 1.81. The summed E-state index contributed by atoms with van der Waals surface area (Å²) in [5, 5.41) is 10.2. The lowest BCUT2D eigenvalue weighted by molar-refractivity contribution is -0.144. The number of carboxylic acids is 1. The molecule has 1 atom stereocenters. The van der Waals surface area contributed by atoms with E-state index in [9.17, 15) is 14.7 Å². The Morgan fingerprint density at radius 3 is 2.55 bits per heavy atom. The molecule has 1 saturated heterocycles. The number of ether oxygens (including phenoxy) is 2. The largest absolute Gasteiger partial charge is 0.493 e. The zero-order chi connectivity index (χ0) is 22.7. The Morgan fingerprint density at radius 2 is 1.94 bits per heavy atom. The van der Waals surface area contributed by atoms with Crippen LogP contribution in [0.15, 0.2) is 41.3 Å². The zero-order valence-electron chi connectivity index (χ0n) is 16.4. The Bertz CT molecular complexity index is 1070. The standard InChI is InChI=1S/C21H17Cl2NO5S2/c1-11(20(26)27)24-19(25)18(31-21(24)30)9-12-6-7-16(17(8-12)28-2)29-10-13-14(22)4-3-5-15(13)23/h3-9,11H,10H2,1-2H3,(H,26,27)/b18-9-/t11-/m0/s1. The second-order valence-corrected chi connectivity index (χ2v) is 8.96. The Hall–Kier alpha value is -2.26. The summed E-state index contributed by atoms with van der Waals surface area (Å²) >= 11 is 18.6. The number of thiocarbonyl (C=S) groups is 1. The van der Waals surface area contributed by atoms with Crippen molar-refractivity contribution in [2.24, 2.45) is 0 Å². The van der Waals surface area contributed by atoms with Crippen molar-refractivity contribution in [1.82, 2.24) is 4.90 Å². The van der Waals surface area contributed by atoms with Crippen LogP contribution in [0.5, 0.6) is 11.5 Å². The normalized spacial score (nSPS) is 16.0. The number of carboxylic acid groups (broad SMARTS) is 1. The Kier molecular flexibility index (Phi) is 7.48. The number of hydrogen-bond acceptors (Lipinski definition) is 6. The van der Waals surface area contributed by atoms with Crippen LogP contribution in [-0.4, -0.2) is 39.4 Å². The van der Waals surface area contributed by atoms with Gasteiger partial charge in [-0.1, -0.05) is 59.3 Å². The highest BCUT2D eigenvalue weighted by Gasteiger charge is 2.38. The van der Waals surface area contributed by atoms with E-state index >= 15 is 0 Å². The predicted octanol–water partition coefficient (Wildman–Crippen LogP) is 5.26. The summed E-state index contributed by atoms with van der Waals surface area (Å²) in [6.45, 7) is 1.57. The monoisotopic (exact) mass is 497 g/mol. The summed E-state index contributed by atoms with van der Waals surface area (Å²) in [5.74, 6) is -0.647. The van der Waals surface area contributed by atoms with E-state index < -0.39 is 17.9 Å². The molecule has 6 nitrogen and oxygen atoms in total. The van der Waals surface area contributed by atoms with E-state index in [0.29, 0.717) is 37.6 Å². The van der Waals surface area contributed by atoms with E-state index in [0.717, 1.165) is 16.7 Å². The lowest BCUT2D eigenvalue weighted by Crippen LogP contribution is -2.41. The third-order valence-electron chi connectivity index (χ3n) is 4.49. The van der Waals surface area contributed by atoms with Gasteiger partial charge in [0.1, 0.15) is 17.0 Å². The van der Waals surface area contributed by atoms with E-state index in [1.54, 1.807) is 42.5 Å². The van der Waals surface area contributed by atoms with Gasteiger partial charge in [-0.25, -0.2) is 4.79 Å². The van der Waals surface area contributed by atoms with Crippen molar-refractivity contribution < 1.29 is 24.2 Å². The number of methoxy groups -OCH3 is 1. The van der Waals surface area contributed by atoms with Crippen molar-refractivity contribution in [2.45, 2.75) is 19.6 Å². The number of amides is 1. The summed E-state index contributed by atoms with van der Waals surface area (Å²) < 4.78 is 11.4. The molecule has 10 heteroatoms. The van der Waals surface area contributed by atoms with Crippen LogP contribution in [0.4, 0.5) is 0 Å². The van der Waals surface area contributed by atoms with Gasteiger partial charge >= 0.3 is 5.97 Å². The number of hydrogen-bond donors (Lipinski definition) is 1. The average Bonchev–Trinajstić information content (AvgIpc) is 3.00. The third-order valence-corrected chi connectivity index (χ3v) is 6.53. The van der Waals surface area contributed by atoms with Crippen molar-refractivity contribution >= 4 is 69.5 Å².